The van der Waals surface area contributed by atoms with E-state index in [9.17, 15) is 71.9 Å². The SMILES string of the molecule is CC(C)(c1ccc(Oc2ccc(N3C(=O)C=CC3=O)c(C(F)(F)F)c2)c(C(F)(F)F)c1)c1ccc(Oc2ccc(N3C(=O)C=CC3=O)c(C(F)(F)F)c2)c(C(F)(F)F)c1. The summed E-state index contributed by atoms with van der Waals surface area (Å²) in [6.45, 7) is 2.49. The minimum absolute atomic E-state index is 0.204. The number of ether oxygens (including phenoxy) is 2. The quantitative estimate of drug-likeness (QED) is 0.130. The first-order chi connectivity index (χ1) is 27.2. The van der Waals surface area contributed by atoms with Gasteiger partial charge in [0.15, 0.2) is 0 Å². The van der Waals surface area contributed by atoms with Gasteiger partial charge in [0.2, 0.25) is 0 Å². The highest BCUT2D eigenvalue weighted by molar-refractivity contribution is 6.29. The lowest BCUT2D eigenvalue weighted by Crippen LogP contribution is -2.31. The fourth-order valence-corrected chi connectivity index (χ4v) is 6.16. The molecule has 0 saturated carbocycles. The van der Waals surface area contributed by atoms with Crippen molar-refractivity contribution in [2.24, 2.45) is 0 Å². The van der Waals surface area contributed by atoms with Crippen molar-refractivity contribution >= 4 is 35.0 Å². The number of alkyl halides is 12. The fraction of sp³-hybridized carbons (Fsp3) is 0.179. The second kappa shape index (κ2) is 14.3. The van der Waals surface area contributed by atoms with Crippen molar-refractivity contribution in [3.05, 3.63) is 130 Å². The number of halogens is 12. The molecule has 0 aliphatic carbocycles. The van der Waals surface area contributed by atoms with E-state index in [1.165, 1.54) is 13.8 Å². The molecule has 0 unspecified atom stereocenters. The Bertz CT molecular complexity index is 2270. The van der Waals surface area contributed by atoms with Crippen LogP contribution in [0.25, 0.3) is 0 Å². The van der Waals surface area contributed by atoms with Crippen LogP contribution in [-0.4, -0.2) is 23.6 Å². The Labute approximate surface area is 323 Å². The maximum Gasteiger partial charge on any atom is 0.419 e. The molecule has 4 aromatic carbocycles. The number of carbonyl (C=O) groups excluding carboxylic acids is 4. The van der Waals surface area contributed by atoms with E-state index in [0.717, 1.165) is 60.7 Å². The lowest BCUT2D eigenvalue weighted by atomic mass is 9.77. The maximum absolute atomic E-state index is 14.5. The molecule has 0 spiro atoms. The standard InChI is InChI=1S/C39H22F12N2O6/c1-35(2,19-3-9-29(25(15-19)38(46,47)48)58-21-5-7-27(23(17-21)36(40,41)42)52-31(54)11-12-32(52)55)20-4-10-30(26(16-20)39(49,50)51)59-22-6-8-28(24(18-22)37(43,44)45)53-33(56)13-14-34(53)57/h3-18H,1-2H3. The molecular weight excluding hydrogens is 820 g/mol. The molecule has 2 aliphatic rings. The minimum Gasteiger partial charge on any atom is -0.457 e. The highest BCUT2D eigenvalue weighted by Crippen LogP contribution is 2.47. The summed E-state index contributed by atoms with van der Waals surface area (Å²) in [5.41, 5.74) is -10.4. The predicted octanol–water partition coefficient (Wildman–Crippen LogP) is 10.5. The minimum atomic E-state index is -5.25. The van der Waals surface area contributed by atoms with Crippen LogP contribution in [0.15, 0.2) is 97.1 Å². The zero-order valence-electron chi connectivity index (χ0n) is 29.6. The zero-order chi connectivity index (χ0) is 43.6. The number of nitrogens with zero attached hydrogens (tertiary/aromatic N) is 2. The third-order valence-electron chi connectivity index (χ3n) is 9.12. The molecule has 0 atom stereocenters. The van der Waals surface area contributed by atoms with Crippen LogP contribution in [0.5, 0.6) is 23.0 Å². The lowest BCUT2D eigenvalue weighted by molar-refractivity contribution is -0.139. The van der Waals surface area contributed by atoms with Gasteiger partial charge in [-0.3, -0.25) is 19.2 Å². The van der Waals surface area contributed by atoms with Crippen LogP contribution in [0.3, 0.4) is 0 Å². The van der Waals surface area contributed by atoms with E-state index in [0.29, 0.717) is 24.3 Å². The van der Waals surface area contributed by atoms with Gasteiger partial charge in [-0.1, -0.05) is 26.0 Å². The summed E-state index contributed by atoms with van der Waals surface area (Å²) in [6, 6.07) is 7.92. The molecule has 0 radical (unpaired) electrons. The van der Waals surface area contributed by atoms with Crippen molar-refractivity contribution in [1.29, 1.82) is 0 Å². The largest absolute Gasteiger partial charge is 0.457 e. The molecule has 2 heterocycles. The number of hydrogen-bond donors (Lipinski definition) is 0. The molecule has 0 aromatic heterocycles. The Morgan fingerprint density at radius 2 is 0.712 bits per heavy atom. The van der Waals surface area contributed by atoms with E-state index in [4.69, 9.17) is 9.47 Å². The number of imide groups is 2. The smallest absolute Gasteiger partial charge is 0.419 e. The molecule has 308 valence electrons. The Hall–Kier alpha value is -6.60. The molecule has 0 fully saturated rings. The maximum atomic E-state index is 14.5. The number of hydrogen-bond acceptors (Lipinski definition) is 6. The van der Waals surface area contributed by atoms with Gasteiger partial charge in [0.1, 0.15) is 23.0 Å². The van der Waals surface area contributed by atoms with E-state index in [1.807, 2.05) is 0 Å². The number of anilines is 2. The Kier molecular flexibility index (Phi) is 10.2. The normalized spacial score (nSPS) is 15.2. The fourth-order valence-electron chi connectivity index (χ4n) is 6.16. The van der Waals surface area contributed by atoms with Crippen LogP contribution in [0.2, 0.25) is 0 Å². The number of rotatable bonds is 8. The van der Waals surface area contributed by atoms with Gasteiger partial charge in [-0.25, -0.2) is 9.80 Å². The van der Waals surface area contributed by atoms with E-state index in [1.54, 1.807) is 0 Å². The van der Waals surface area contributed by atoms with Crippen molar-refractivity contribution in [3.8, 4) is 23.0 Å². The lowest BCUT2D eigenvalue weighted by Gasteiger charge is -2.29. The molecule has 0 saturated heterocycles. The molecule has 4 aromatic rings. The van der Waals surface area contributed by atoms with Gasteiger partial charge in [0.25, 0.3) is 23.6 Å². The molecule has 59 heavy (non-hydrogen) atoms. The molecule has 0 N–H and O–H groups in total. The summed E-state index contributed by atoms with van der Waals surface area (Å²) >= 11 is 0. The first-order valence-electron chi connectivity index (χ1n) is 16.5. The van der Waals surface area contributed by atoms with Crippen molar-refractivity contribution in [1.82, 2.24) is 0 Å². The number of carbonyl (C=O) groups is 4. The Morgan fingerprint density at radius 1 is 0.407 bits per heavy atom. The number of amides is 4. The molecule has 8 nitrogen and oxygen atoms in total. The van der Waals surface area contributed by atoms with Gasteiger partial charge in [0.05, 0.1) is 33.6 Å². The molecule has 4 amide bonds. The third kappa shape index (κ3) is 8.24. The van der Waals surface area contributed by atoms with Crippen LogP contribution in [0.1, 0.15) is 47.2 Å². The predicted molar refractivity (Wildman–Crippen MR) is 181 cm³/mol. The highest BCUT2D eigenvalue weighted by Gasteiger charge is 2.43. The van der Waals surface area contributed by atoms with Crippen molar-refractivity contribution in [2.45, 2.75) is 44.0 Å². The van der Waals surface area contributed by atoms with Crippen LogP contribution in [0.4, 0.5) is 64.1 Å². The van der Waals surface area contributed by atoms with Gasteiger partial charge in [-0.2, -0.15) is 52.7 Å². The second-order valence-corrected chi connectivity index (χ2v) is 13.3. The van der Waals surface area contributed by atoms with Gasteiger partial charge in [-0.15, -0.1) is 0 Å². The van der Waals surface area contributed by atoms with Crippen LogP contribution in [-0.2, 0) is 49.3 Å². The van der Waals surface area contributed by atoms with Gasteiger partial charge in [-0.05, 0) is 71.8 Å². The topological polar surface area (TPSA) is 93.2 Å². The summed E-state index contributed by atoms with van der Waals surface area (Å²) in [5.74, 6) is -8.03. The van der Waals surface area contributed by atoms with Crippen molar-refractivity contribution < 1.29 is 81.3 Å². The van der Waals surface area contributed by atoms with Gasteiger partial charge in [0, 0.05) is 29.7 Å². The number of benzene rings is 4. The third-order valence-corrected chi connectivity index (χ3v) is 9.12. The summed E-state index contributed by atoms with van der Waals surface area (Å²) in [6.07, 6.45) is -18.1. The summed E-state index contributed by atoms with van der Waals surface area (Å²) in [7, 11) is 0. The van der Waals surface area contributed by atoms with Crippen LogP contribution < -0.4 is 19.3 Å². The summed E-state index contributed by atoms with van der Waals surface area (Å²) < 4.78 is 181. The summed E-state index contributed by atoms with van der Waals surface area (Å²) in [5, 5.41) is 0. The second-order valence-electron chi connectivity index (χ2n) is 13.3. The highest BCUT2D eigenvalue weighted by atomic mass is 19.4. The van der Waals surface area contributed by atoms with E-state index in [-0.39, 0.29) is 33.1 Å². The van der Waals surface area contributed by atoms with Gasteiger partial charge >= 0.3 is 24.7 Å². The van der Waals surface area contributed by atoms with Crippen molar-refractivity contribution in [2.75, 3.05) is 9.80 Å². The molecule has 20 heteroatoms. The Balaban J connectivity index is 1.34. The Morgan fingerprint density at radius 3 is 1.00 bits per heavy atom. The van der Waals surface area contributed by atoms with Crippen LogP contribution >= 0.6 is 0 Å². The van der Waals surface area contributed by atoms with E-state index in [2.05, 4.69) is 0 Å². The zero-order valence-corrected chi connectivity index (χ0v) is 29.6. The molecule has 0 bridgehead atoms. The molecular formula is C39H22F12N2O6. The first-order valence-corrected chi connectivity index (χ1v) is 16.5. The first kappa shape index (κ1) is 42.0. The summed E-state index contributed by atoms with van der Waals surface area (Å²) in [4.78, 5) is 48.6. The van der Waals surface area contributed by atoms with Crippen molar-refractivity contribution in [3.63, 3.8) is 0 Å². The monoisotopic (exact) mass is 842 g/mol. The van der Waals surface area contributed by atoms with Gasteiger partial charge < -0.3 is 9.47 Å². The van der Waals surface area contributed by atoms with E-state index >= 15 is 0 Å². The average Bonchev–Trinajstić information content (AvgIpc) is 3.64. The van der Waals surface area contributed by atoms with E-state index < -0.39 is 110 Å². The average molecular weight is 843 g/mol. The molecule has 2 aliphatic heterocycles. The van der Waals surface area contributed by atoms with Crippen LogP contribution in [0, 0.1) is 0 Å². The molecule has 6 rings (SSSR count).